The molecule has 0 radical (unpaired) electrons. The minimum absolute atomic E-state index is 0.229. The number of esters is 1. The number of fused-ring (bicyclic) bond motifs is 1. The van der Waals surface area contributed by atoms with Gasteiger partial charge in [0.2, 0.25) is 0 Å². The maximum absolute atomic E-state index is 15.5. The van der Waals surface area contributed by atoms with E-state index in [4.69, 9.17) is 10.5 Å². The van der Waals surface area contributed by atoms with Gasteiger partial charge in [0.05, 0.1) is 23.7 Å². The Morgan fingerprint density at radius 2 is 1.94 bits per heavy atom. The quantitative estimate of drug-likeness (QED) is 0.542. The summed E-state index contributed by atoms with van der Waals surface area (Å²) in [5.41, 5.74) is 8.31. The van der Waals surface area contributed by atoms with E-state index in [1.807, 2.05) is 0 Å². The lowest BCUT2D eigenvalue weighted by molar-refractivity contribution is 0.0527. The highest BCUT2D eigenvalue weighted by molar-refractivity contribution is 5.98. The van der Waals surface area contributed by atoms with Crippen LogP contribution in [0.3, 0.4) is 0 Å². The molecule has 0 saturated heterocycles. The van der Waals surface area contributed by atoms with Gasteiger partial charge in [-0.1, -0.05) is 32.1 Å². The van der Waals surface area contributed by atoms with E-state index in [-0.39, 0.29) is 29.3 Å². The van der Waals surface area contributed by atoms with Crippen molar-refractivity contribution in [2.45, 2.75) is 57.9 Å². The molecule has 6 nitrogen and oxygen atoms in total. The third kappa shape index (κ3) is 4.46. The Morgan fingerprint density at radius 1 is 1.19 bits per heavy atom. The summed E-state index contributed by atoms with van der Waals surface area (Å²) in [6.07, 6.45) is 11.3. The number of ether oxygens (including phenoxy) is 1. The van der Waals surface area contributed by atoms with Crippen molar-refractivity contribution >= 4 is 17.0 Å². The average molecular weight is 425 g/mol. The zero-order valence-corrected chi connectivity index (χ0v) is 17.9. The Bertz CT molecular complexity index is 1060. The van der Waals surface area contributed by atoms with Crippen LogP contribution >= 0.6 is 0 Å². The second-order valence-electron chi connectivity index (χ2n) is 8.22. The van der Waals surface area contributed by atoms with E-state index in [0.29, 0.717) is 22.8 Å². The summed E-state index contributed by atoms with van der Waals surface area (Å²) in [7, 11) is 0. The number of rotatable bonds is 5. The van der Waals surface area contributed by atoms with Gasteiger partial charge in [0.15, 0.2) is 5.82 Å². The predicted molar refractivity (Wildman–Crippen MR) is 118 cm³/mol. The number of nitrogens with zero attached hydrogens (tertiary/aromatic N) is 2. The Kier molecular flexibility index (Phi) is 6.61. The van der Waals surface area contributed by atoms with Gasteiger partial charge in [-0.3, -0.25) is 4.98 Å². The van der Waals surface area contributed by atoms with E-state index in [1.54, 1.807) is 19.1 Å². The molecule has 0 amide bonds. The minimum atomic E-state index is -0.506. The van der Waals surface area contributed by atoms with Crippen LogP contribution in [0.15, 0.2) is 30.6 Å². The minimum Gasteiger partial charge on any atom is -0.462 e. The van der Waals surface area contributed by atoms with Gasteiger partial charge in [-0.05, 0) is 43.9 Å². The first-order valence-electron chi connectivity index (χ1n) is 11.1. The summed E-state index contributed by atoms with van der Waals surface area (Å²) in [6.45, 7) is 1.97. The van der Waals surface area contributed by atoms with Gasteiger partial charge in [0.25, 0.3) is 0 Å². The molecule has 0 spiro atoms. The molecule has 1 aliphatic carbocycles. The van der Waals surface area contributed by atoms with Crippen molar-refractivity contribution in [1.82, 2.24) is 15.0 Å². The number of halogens is 1. The first kappa shape index (κ1) is 21.4. The summed E-state index contributed by atoms with van der Waals surface area (Å²) in [4.78, 5) is 24.2. The third-order valence-electron chi connectivity index (χ3n) is 6.19. The topological polar surface area (TPSA) is 93.9 Å². The lowest BCUT2D eigenvalue weighted by Crippen LogP contribution is -2.23. The highest BCUT2D eigenvalue weighted by atomic mass is 19.1. The Balaban J connectivity index is 1.69. The maximum atomic E-state index is 15.5. The Morgan fingerprint density at radius 3 is 2.68 bits per heavy atom. The zero-order valence-electron chi connectivity index (χ0n) is 17.9. The molecule has 1 aromatic carbocycles. The molecular formula is C24H29FN4O2. The molecule has 7 heteroatoms. The van der Waals surface area contributed by atoms with E-state index >= 15 is 4.39 Å². The monoisotopic (exact) mass is 424 g/mol. The van der Waals surface area contributed by atoms with Gasteiger partial charge in [0, 0.05) is 23.5 Å². The number of benzene rings is 1. The van der Waals surface area contributed by atoms with Gasteiger partial charge < -0.3 is 15.5 Å². The fourth-order valence-corrected chi connectivity index (χ4v) is 4.49. The molecule has 0 bridgehead atoms. The number of carbonyl (C=O) groups excluding carboxylic acids is 1. The number of aromatic nitrogens is 3. The second kappa shape index (κ2) is 9.56. The number of H-pyrrole nitrogens is 1. The largest absolute Gasteiger partial charge is 0.462 e. The lowest BCUT2D eigenvalue weighted by atomic mass is 9.86. The first-order valence-corrected chi connectivity index (χ1v) is 11.1. The van der Waals surface area contributed by atoms with E-state index < -0.39 is 11.8 Å². The fraction of sp³-hybridized carbons (Fsp3) is 0.458. The van der Waals surface area contributed by atoms with E-state index in [9.17, 15) is 4.79 Å². The van der Waals surface area contributed by atoms with Crippen molar-refractivity contribution in [2.75, 3.05) is 6.61 Å². The van der Waals surface area contributed by atoms with Crippen LogP contribution in [0.2, 0.25) is 0 Å². The van der Waals surface area contributed by atoms with Gasteiger partial charge in [-0.2, -0.15) is 0 Å². The van der Waals surface area contributed by atoms with Crippen molar-refractivity contribution in [3.63, 3.8) is 0 Å². The zero-order chi connectivity index (χ0) is 21.8. The number of nitrogens with one attached hydrogen (secondary N) is 1. The predicted octanol–water partition coefficient (Wildman–Crippen LogP) is 5.30. The number of pyridine rings is 1. The number of nitrogens with two attached hydrogens (primary N) is 1. The van der Waals surface area contributed by atoms with Gasteiger partial charge in [-0.25, -0.2) is 14.2 Å². The molecule has 31 heavy (non-hydrogen) atoms. The van der Waals surface area contributed by atoms with Crippen LogP contribution in [0.25, 0.3) is 22.2 Å². The van der Waals surface area contributed by atoms with Crippen molar-refractivity contribution in [1.29, 1.82) is 0 Å². The summed E-state index contributed by atoms with van der Waals surface area (Å²) < 4.78 is 20.6. The van der Waals surface area contributed by atoms with E-state index in [0.717, 1.165) is 12.8 Å². The first-order chi connectivity index (χ1) is 15.1. The molecule has 3 N–H and O–H groups in total. The molecule has 164 valence electrons. The molecule has 1 unspecified atom stereocenters. The summed E-state index contributed by atoms with van der Waals surface area (Å²) in [5, 5.41) is 0. The Labute approximate surface area is 181 Å². The number of hydrogen-bond donors (Lipinski definition) is 2. The molecule has 2 heterocycles. The molecular weight excluding hydrogens is 395 g/mol. The van der Waals surface area contributed by atoms with Crippen LogP contribution < -0.4 is 5.73 Å². The molecule has 1 atom stereocenters. The maximum Gasteiger partial charge on any atom is 0.338 e. The van der Waals surface area contributed by atoms with Crippen LogP contribution in [0, 0.1) is 11.7 Å². The summed E-state index contributed by atoms with van der Waals surface area (Å²) in [5.74, 6) is -0.0395. The SMILES string of the molecule is CCOC(=O)c1ccncc1-c1ccc2[nH]c(C(N)C3CCCCCCC3)nc2c1F. The van der Waals surface area contributed by atoms with Crippen LogP contribution in [-0.2, 0) is 4.74 Å². The smallest absolute Gasteiger partial charge is 0.338 e. The molecule has 2 aromatic heterocycles. The molecule has 1 aliphatic rings. The van der Waals surface area contributed by atoms with Gasteiger partial charge >= 0.3 is 5.97 Å². The highest BCUT2D eigenvalue weighted by Crippen LogP contribution is 2.34. The molecule has 0 aliphatic heterocycles. The number of carbonyl (C=O) groups is 1. The van der Waals surface area contributed by atoms with E-state index in [2.05, 4.69) is 15.0 Å². The van der Waals surface area contributed by atoms with Crippen LogP contribution in [-0.4, -0.2) is 27.5 Å². The highest BCUT2D eigenvalue weighted by Gasteiger charge is 2.25. The van der Waals surface area contributed by atoms with Crippen molar-refractivity contribution in [3.05, 3.63) is 47.8 Å². The number of hydrogen-bond acceptors (Lipinski definition) is 5. The van der Waals surface area contributed by atoms with Gasteiger partial charge in [-0.15, -0.1) is 0 Å². The average Bonchev–Trinajstić information content (AvgIpc) is 3.19. The fourth-order valence-electron chi connectivity index (χ4n) is 4.49. The second-order valence-corrected chi connectivity index (χ2v) is 8.22. The molecule has 3 aromatic rings. The molecule has 1 saturated carbocycles. The normalized spacial score (nSPS) is 16.6. The van der Waals surface area contributed by atoms with Crippen molar-refractivity contribution < 1.29 is 13.9 Å². The Hall–Kier alpha value is -2.80. The third-order valence-corrected chi connectivity index (χ3v) is 6.19. The standard InChI is InChI=1S/C24H29FN4O2/c1-2-31-24(30)17-12-13-27-14-18(17)16-10-11-19-22(20(16)25)29-23(28-19)21(26)15-8-6-4-3-5-7-9-15/h10-15,21H,2-9,26H2,1H3,(H,28,29). The number of imidazole rings is 1. The van der Waals surface area contributed by atoms with E-state index in [1.165, 1.54) is 50.6 Å². The van der Waals surface area contributed by atoms with Crippen LogP contribution in [0.1, 0.15) is 74.1 Å². The summed E-state index contributed by atoms with van der Waals surface area (Å²) in [6, 6.07) is 4.71. The summed E-state index contributed by atoms with van der Waals surface area (Å²) >= 11 is 0. The van der Waals surface area contributed by atoms with Crippen LogP contribution in [0.5, 0.6) is 0 Å². The van der Waals surface area contributed by atoms with Gasteiger partial charge in [0.1, 0.15) is 11.3 Å². The van der Waals surface area contributed by atoms with Crippen molar-refractivity contribution in [3.8, 4) is 11.1 Å². The molecule has 1 fully saturated rings. The number of aromatic amines is 1. The lowest BCUT2D eigenvalue weighted by Gasteiger charge is -2.24. The van der Waals surface area contributed by atoms with Crippen molar-refractivity contribution in [2.24, 2.45) is 11.7 Å². The van der Waals surface area contributed by atoms with Crippen LogP contribution in [0.4, 0.5) is 4.39 Å². The molecule has 4 rings (SSSR count).